The first-order valence-corrected chi connectivity index (χ1v) is 13.2. The standard InChI is InChI=1S/C30H32N6O4/c1-22-31-29(34-30(32-22)36-16-14-35(15-17-36)18-19-37)33-25-10-12-26(13-11-25)40-27-9-5-8-24(20-27)28(38)39-21-23-6-3-2-4-7-23/h2-13,20,37H,14-19,21H2,1H3,(H,31,32,33,34). The second-order valence-corrected chi connectivity index (χ2v) is 9.40. The second kappa shape index (κ2) is 13.0. The molecule has 1 saturated heterocycles. The van der Waals surface area contributed by atoms with Gasteiger partial charge in [-0.2, -0.15) is 15.0 Å². The number of carbonyl (C=O) groups is 1. The van der Waals surface area contributed by atoms with E-state index in [1.165, 1.54) is 0 Å². The van der Waals surface area contributed by atoms with Gasteiger partial charge < -0.3 is 24.8 Å². The van der Waals surface area contributed by atoms with E-state index >= 15 is 0 Å². The fourth-order valence-electron chi connectivity index (χ4n) is 4.34. The Bertz CT molecular complexity index is 1410. The normalized spacial score (nSPS) is 13.6. The molecule has 0 amide bonds. The lowest BCUT2D eigenvalue weighted by atomic mass is 10.2. The van der Waals surface area contributed by atoms with Gasteiger partial charge in [0.25, 0.3) is 0 Å². The number of nitrogens with zero attached hydrogens (tertiary/aromatic N) is 5. The van der Waals surface area contributed by atoms with Gasteiger partial charge in [-0.15, -0.1) is 0 Å². The Kier molecular flexibility index (Phi) is 8.79. The number of esters is 1. The number of β-amino-alcohol motifs (C(OH)–C–C–N with tert-alkyl or cyclic N) is 1. The van der Waals surface area contributed by atoms with Gasteiger partial charge in [0, 0.05) is 38.4 Å². The van der Waals surface area contributed by atoms with E-state index in [1.807, 2.05) is 61.5 Å². The summed E-state index contributed by atoms with van der Waals surface area (Å²) in [6, 6.07) is 23.9. The third-order valence-electron chi connectivity index (χ3n) is 6.44. The molecule has 0 radical (unpaired) electrons. The Balaban J connectivity index is 1.18. The average molecular weight is 541 g/mol. The third kappa shape index (κ3) is 7.31. The van der Waals surface area contributed by atoms with E-state index in [-0.39, 0.29) is 13.2 Å². The Morgan fingerprint density at radius 3 is 2.42 bits per heavy atom. The summed E-state index contributed by atoms with van der Waals surface area (Å²) in [5.41, 5.74) is 2.15. The second-order valence-electron chi connectivity index (χ2n) is 9.40. The summed E-state index contributed by atoms with van der Waals surface area (Å²) in [7, 11) is 0. The molecule has 4 aromatic rings. The number of aliphatic hydroxyl groups is 1. The fourth-order valence-corrected chi connectivity index (χ4v) is 4.34. The number of hydrogen-bond donors (Lipinski definition) is 2. The summed E-state index contributed by atoms with van der Waals surface area (Å²) in [4.78, 5) is 30.5. The predicted molar refractivity (Wildman–Crippen MR) is 152 cm³/mol. The van der Waals surface area contributed by atoms with Crippen molar-refractivity contribution < 1.29 is 19.4 Å². The number of anilines is 3. The lowest BCUT2D eigenvalue weighted by molar-refractivity contribution is 0.0472. The summed E-state index contributed by atoms with van der Waals surface area (Å²) < 4.78 is 11.4. The van der Waals surface area contributed by atoms with E-state index < -0.39 is 5.97 Å². The molecule has 1 aliphatic heterocycles. The van der Waals surface area contributed by atoms with Crippen LogP contribution in [0.1, 0.15) is 21.7 Å². The molecule has 0 saturated carbocycles. The summed E-state index contributed by atoms with van der Waals surface area (Å²) in [6.45, 7) is 6.20. The molecule has 1 fully saturated rings. The molecule has 0 bridgehead atoms. The zero-order valence-corrected chi connectivity index (χ0v) is 22.4. The molecule has 10 nitrogen and oxygen atoms in total. The molecule has 0 spiro atoms. The van der Waals surface area contributed by atoms with Crippen molar-refractivity contribution in [2.75, 3.05) is 49.5 Å². The zero-order valence-electron chi connectivity index (χ0n) is 22.4. The maximum atomic E-state index is 12.5. The minimum atomic E-state index is -0.409. The number of piperazine rings is 1. The number of hydrogen-bond acceptors (Lipinski definition) is 10. The number of nitrogens with one attached hydrogen (secondary N) is 1. The molecule has 2 N–H and O–H groups in total. The van der Waals surface area contributed by atoms with E-state index in [0.29, 0.717) is 41.3 Å². The number of ether oxygens (including phenoxy) is 2. The first-order chi connectivity index (χ1) is 19.6. The Labute approximate surface area is 233 Å². The van der Waals surface area contributed by atoms with Crippen molar-refractivity contribution in [1.29, 1.82) is 0 Å². The molecule has 1 aromatic heterocycles. The van der Waals surface area contributed by atoms with Gasteiger partial charge in [0.1, 0.15) is 23.9 Å². The first kappa shape index (κ1) is 27.0. The molecule has 5 rings (SSSR count). The van der Waals surface area contributed by atoms with E-state index in [1.54, 1.807) is 24.3 Å². The van der Waals surface area contributed by atoms with Crippen molar-refractivity contribution in [2.24, 2.45) is 0 Å². The van der Waals surface area contributed by atoms with Crippen molar-refractivity contribution in [3.05, 3.63) is 95.8 Å². The topological polar surface area (TPSA) is 113 Å². The van der Waals surface area contributed by atoms with Gasteiger partial charge in [0.2, 0.25) is 11.9 Å². The summed E-state index contributed by atoms with van der Waals surface area (Å²) in [5, 5.41) is 12.4. The monoisotopic (exact) mass is 540 g/mol. The van der Waals surface area contributed by atoms with Gasteiger partial charge in [-0.1, -0.05) is 36.4 Å². The van der Waals surface area contributed by atoms with Crippen LogP contribution in [-0.4, -0.2) is 70.3 Å². The van der Waals surface area contributed by atoms with E-state index in [0.717, 1.165) is 37.4 Å². The van der Waals surface area contributed by atoms with Crippen LogP contribution in [0.3, 0.4) is 0 Å². The first-order valence-electron chi connectivity index (χ1n) is 13.2. The number of aryl methyl sites for hydroxylation is 1. The van der Waals surface area contributed by atoms with Crippen LogP contribution < -0.4 is 15.0 Å². The smallest absolute Gasteiger partial charge is 0.338 e. The average Bonchev–Trinajstić information content (AvgIpc) is 2.98. The number of aliphatic hydroxyl groups excluding tert-OH is 1. The highest BCUT2D eigenvalue weighted by atomic mass is 16.5. The molecule has 0 unspecified atom stereocenters. The lowest BCUT2D eigenvalue weighted by Gasteiger charge is -2.34. The van der Waals surface area contributed by atoms with Crippen molar-refractivity contribution >= 4 is 23.6 Å². The molecule has 2 heterocycles. The van der Waals surface area contributed by atoms with E-state index in [4.69, 9.17) is 14.6 Å². The van der Waals surface area contributed by atoms with Crippen LogP contribution in [0.5, 0.6) is 11.5 Å². The van der Waals surface area contributed by atoms with Gasteiger partial charge in [-0.25, -0.2) is 4.79 Å². The summed E-state index contributed by atoms with van der Waals surface area (Å²) in [5.74, 6) is 2.48. The highest BCUT2D eigenvalue weighted by molar-refractivity contribution is 5.89. The van der Waals surface area contributed by atoms with E-state index in [2.05, 4.69) is 30.1 Å². The quantitative estimate of drug-likeness (QED) is 0.284. The van der Waals surface area contributed by atoms with Gasteiger partial charge >= 0.3 is 5.97 Å². The largest absolute Gasteiger partial charge is 0.457 e. The third-order valence-corrected chi connectivity index (χ3v) is 6.44. The molecular weight excluding hydrogens is 508 g/mol. The summed E-state index contributed by atoms with van der Waals surface area (Å²) >= 11 is 0. The molecule has 0 aliphatic carbocycles. The Morgan fingerprint density at radius 2 is 1.68 bits per heavy atom. The maximum absolute atomic E-state index is 12.5. The lowest BCUT2D eigenvalue weighted by Crippen LogP contribution is -2.47. The van der Waals surface area contributed by atoms with Gasteiger partial charge in [-0.3, -0.25) is 4.90 Å². The fraction of sp³-hybridized carbons (Fsp3) is 0.267. The van der Waals surface area contributed by atoms with Crippen LogP contribution in [0.4, 0.5) is 17.6 Å². The molecule has 10 heteroatoms. The number of carbonyl (C=O) groups excluding carboxylic acids is 1. The maximum Gasteiger partial charge on any atom is 0.338 e. The van der Waals surface area contributed by atoms with Crippen LogP contribution in [0.25, 0.3) is 0 Å². The molecule has 0 atom stereocenters. The van der Waals surface area contributed by atoms with Crippen LogP contribution in [0.15, 0.2) is 78.9 Å². The van der Waals surface area contributed by atoms with E-state index in [9.17, 15) is 4.79 Å². The Hall–Kier alpha value is -4.54. The van der Waals surface area contributed by atoms with Crippen LogP contribution in [0.2, 0.25) is 0 Å². The molecule has 206 valence electrons. The number of aromatic nitrogens is 3. The SMILES string of the molecule is Cc1nc(Nc2ccc(Oc3cccc(C(=O)OCc4ccccc4)c3)cc2)nc(N2CCN(CCO)CC2)n1. The van der Waals surface area contributed by atoms with Crippen LogP contribution >= 0.6 is 0 Å². The van der Waals surface area contributed by atoms with Crippen LogP contribution in [0, 0.1) is 6.92 Å². The highest BCUT2D eigenvalue weighted by Crippen LogP contribution is 2.25. The van der Waals surface area contributed by atoms with Crippen LogP contribution in [-0.2, 0) is 11.3 Å². The van der Waals surface area contributed by atoms with Gasteiger partial charge in [0.15, 0.2) is 0 Å². The number of benzene rings is 3. The zero-order chi connectivity index (χ0) is 27.7. The summed E-state index contributed by atoms with van der Waals surface area (Å²) in [6.07, 6.45) is 0. The predicted octanol–water partition coefficient (Wildman–Crippen LogP) is 4.19. The molecule has 3 aromatic carbocycles. The highest BCUT2D eigenvalue weighted by Gasteiger charge is 2.19. The van der Waals surface area contributed by atoms with Gasteiger partial charge in [-0.05, 0) is 55.0 Å². The minimum Gasteiger partial charge on any atom is -0.457 e. The number of rotatable bonds is 10. The van der Waals surface area contributed by atoms with Crippen molar-refractivity contribution in [2.45, 2.75) is 13.5 Å². The Morgan fingerprint density at radius 1 is 0.900 bits per heavy atom. The van der Waals surface area contributed by atoms with Crippen molar-refractivity contribution in [3.8, 4) is 11.5 Å². The van der Waals surface area contributed by atoms with Crippen molar-refractivity contribution in [3.63, 3.8) is 0 Å². The van der Waals surface area contributed by atoms with Gasteiger partial charge in [0.05, 0.1) is 12.2 Å². The van der Waals surface area contributed by atoms with Crippen molar-refractivity contribution in [1.82, 2.24) is 19.9 Å². The molecular formula is C30H32N6O4. The molecule has 40 heavy (non-hydrogen) atoms. The molecule has 1 aliphatic rings. The minimum absolute atomic E-state index is 0.166.